The number of nitrogens with one attached hydrogen (secondary N) is 1. The molecule has 2 rings (SSSR count). The van der Waals surface area contributed by atoms with Gasteiger partial charge in [-0.15, -0.1) is 0 Å². The number of carbonyl (C=O) groups is 1. The van der Waals surface area contributed by atoms with E-state index in [1.165, 1.54) is 41.3 Å². The van der Waals surface area contributed by atoms with E-state index in [1.54, 1.807) is 26.2 Å². The molecule has 25 heavy (non-hydrogen) atoms. The van der Waals surface area contributed by atoms with Gasteiger partial charge in [-0.1, -0.05) is 6.07 Å². The van der Waals surface area contributed by atoms with Crippen molar-refractivity contribution in [3.8, 4) is 11.8 Å². The molecule has 0 aliphatic heterocycles. The number of benzene rings is 2. The molecule has 1 amide bonds. The number of rotatable bonds is 6. The van der Waals surface area contributed by atoms with Crippen molar-refractivity contribution < 1.29 is 17.9 Å². The van der Waals surface area contributed by atoms with Crippen LogP contribution in [-0.4, -0.2) is 39.9 Å². The molecular weight excluding hydrogens is 342 g/mol. The number of hydrogen-bond acceptors (Lipinski definition) is 5. The average Bonchev–Trinajstić information content (AvgIpc) is 2.60. The van der Waals surface area contributed by atoms with Crippen molar-refractivity contribution >= 4 is 21.6 Å². The first kappa shape index (κ1) is 18.3. The van der Waals surface area contributed by atoms with E-state index < -0.39 is 10.0 Å². The van der Waals surface area contributed by atoms with Gasteiger partial charge in [0.2, 0.25) is 0 Å². The molecule has 0 aromatic heterocycles. The molecule has 1 N–H and O–H groups in total. The second-order valence-corrected chi connectivity index (χ2v) is 7.03. The molecular formula is C17H17N3O4S. The van der Waals surface area contributed by atoms with Crippen LogP contribution in [0.15, 0.2) is 53.4 Å². The van der Waals surface area contributed by atoms with Gasteiger partial charge in [0.05, 0.1) is 16.5 Å². The zero-order chi connectivity index (χ0) is 18.4. The van der Waals surface area contributed by atoms with E-state index in [4.69, 9.17) is 10.00 Å². The van der Waals surface area contributed by atoms with Crippen LogP contribution in [0.4, 0.5) is 5.69 Å². The first-order chi connectivity index (χ1) is 11.8. The fraction of sp³-hybridized carbons (Fsp3) is 0.176. The third-order valence-electron chi connectivity index (χ3n) is 3.24. The number of anilines is 1. The van der Waals surface area contributed by atoms with Crippen LogP contribution in [-0.2, 0) is 14.8 Å². The number of amides is 1. The van der Waals surface area contributed by atoms with Gasteiger partial charge >= 0.3 is 0 Å². The topological polar surface area (TPSA) is 99.5 Å². The number of ether oxygens (including phenoxy) is 1. The van der Waals surface area contributed by atoms with Crippen LogP contribution in [0.2, 0.25) is 0 Å². The van der Waals surface area contributed by atoms with Gasteiger partial charge in [0.25, 0.3) is 15.9 Å². The van der Waals surface area contributed by atoms with E-state index in [1.807, 2.05) is 6.07 Å². The van der Waals surface area contributed by atoms with E-state index in [-0.39, 0.29) is 23.0 Å². The minimum atomic E-state index is -3.80. The number of nitrogens with zero attached hydrogens (tertiary/aromatic N) is 2. The Morgan fingerprint density at radius 3 is 2.48 bits per heavy atom. The summed E-state index contributed by atoms with van der Waals surface area (Å²) in [7, 11) is -0.539. The van der Waals surface area contributed by atoms with E-state index in [2.05, 4.69) is 4.72 Å². The third kappa shape index (κ3) is 4.96. The fourth-order valence-corrected chi connectivity index (χ4v) is 2.94. The highest BCUT2D eigenvalue weighted by Gasteiger charge is 2.14. The van der Waals surface area contributed by atoms with Gasteiger partial charge in [-0.3, -0.25) is 9.52 Å². The molecule has 0 heterocycles. The summed E-state index contributed by atoms with van der Waals surface area (Å²) >= 11 is 0. The maximum absolute atomic E-state index is 12.3. The molecule has 0 spiro atoms. The Kier molecular flexibility index (Phi) is 5.62. The predicted molar refractivity (Wildman–Crippen MR) is 92.6 cm³/mol. The fourth-order valence-electron chi connectivity index (χ4n) is 1.84. The molecule has 0 bridgehead atoms. The van der Waals surface area contributed by atoms with Crippen molar-refractivity contribution in [3.05, 3.63) is 54.1 Å². The van der Waals surface area contributed by atoms with Crippen molar-refractivity contribution in [3.63, 3.8) is 0 Å². The number of sulfonamides is 1. The van der Waals surface area contributed by atoms with Crippen LogP contribution < -0.4 is 9.46 Å². The van der Waals surface area contributed by atoms with Gasteiger partial charge in [-0.25, -0.2) is 8.42 Å². The quantitative estimate of drug-likeness (QED) is 0.848. The summed E-state index contributed by atoms with van der Waals surface area (Å²) in [5.41, 5.74) is 0.603. The zero-order valence-electron chi connectivity index (χ0n) is 13.8. The second kappa shape index (κ2) is 7.68. The highest BCUT2D eigenvalue weighted by molar-refractivity contribution is 7.92. The molecule has 0 aliphatic carbocycles. The Balaban J connectivity index is 2.07. The first-order valence-electron chi connectivity index (χ1n) is 7.28. The Hall–Kier alpha value is -3.05. The molecule has 0 unspecified atom stereocenters. The van der Waals surface area contributed by atoms with Crippen molar-refractivity contribution in [2.75, 3.05) is 25.4 Å². The van der Waals surface area contributed by atoms with Crippen molar-refractivity contribution in [2.24, 2.45) is 0 Å². The zero-order valence-corrected chi connectivity index (χ0v) is 14.6. The van der Waals surface area contributed by atoms with Crippen LogP contribution in [0.25, 0.3) is 0 Å². The Morgan fingerprint density at radius 1 is 1.20 bits per heavy atom. The average molecular weight is 359 g/mol. The molecule has 0 saturated heterocycles. The highest BCUT2D eigenvalue weighted by atomic mass is 32.2. The minimum absolute atomic E-state index is 0.00320. The van der Waals surface area contributed by atoms with Gasteiger partial charge in [0.15, 0.2) is 6.61 Å². The van der Waals surface area contributed by atoms with Gasteiger partial charge in [0.1, 0.15) is 5.75 Å². The Labute approximate surface area is 146 Å². The number of nitriles is 1. The van der Waals surface area contributed by atoms with Crippen molar-refractivity contribution in [1.29, 1.82) is 5.26 Å². The predicted octanol–water partition coefficient (Wildman–Crippen LogP) is 1.83. The number of hydrogen-bond donors (Lipinski definition) is 1. The van der Waals surface area contributed by atoms with Crippen molar-refractivity contribution in [1.82, 2.24) is 4.90 Å². The SMILES string of the molecule is CN(C)C(=O)COc1ccc(NS(=O)(=O)c2cccc(C#N)c2)cc1. The lowest BCUT2D eigenvalue weighted by Gasteiger charge is -2.12. The smallest absolute Gasteiger partial charge is 0.261 e. The summed E-state index contributed by atoms with van der Waals surface area (Å²) in [5, 5.41) is 8.87. The summed E-state index contributed by atoms with van der Waals surface area (Å²) in [6.45, 7) is -0.0982. The third-order valence-corrected chi connectivity index (χ3v) is 4.62. The van der Waals surface area contributed by atoms with Crippen LogP contribution in [0.1, 0.15) is 5.56 Å². The van der Waals surface area contributed by atoms with Gasteiger partial charge in [0, 0.05) is 19.8 Å². The van der Waals surface area contributed by atoms with Crippen LogP contribution in [0.3, 0.4) is 0 Å². The Morgan fingerprint density at radius 2 is 1.88 bits per heavy atom. The van der Waals surface area contributed by atoms with E-state index in [0.29, 0.717) is 11.4 Å². The van der Waals surface area contributed by atoms with Crippen LogP contribution in [0.5, 0.6) is 5.75 Å². The minimum Gasteiger partial charge on any atom is -0.484 e. The lowest BCUT2D eigenvalue weighted by Crippen LogP contribution is -2.27. The lowest BCUT2D eigenvalue weighted by molar-refractivity contribution is -0.130. The van der Waals surface area contributed by atoms with Gasteiger partial charge < -0.3 is 9.64 Å². The molecule has 0 saturated carbocycles. The van der Waals surface area contributed by atoms with E-state index in [9.17, 15) is 13.2 Å². The molecule has 0 fully saturated rings. The second-order valence-electron chi connectivity index (χ2n) is 5.35. The maximum atomic E-state index is 12.3. The summed E-state index contributed by atoms with van der Waals surface area (Å²) in [6, 6.07) is 13.8. The maximum Gasteiger partial charge on any atom is 0.261 e. The first-order valence-corrected chi connectivity index (χ1v) is 8.76. The van der Waals surface area contributed by atoms with E-state index >= 15 is 0 Å². The molecule has 0 radical (unpaired) electrons. The molecule has 8 heteroatoms. The summed E-state index contributed by atoms with van der Waals surface area (Å²) < 4.78 is 32.4. The van der Waals surface area contributed by atoms with Crippen molar-refractivity contribution in [2.45, 2.75) is 4.90 Å². The lowest BCUT2D eigenvalue weighted by atomic mass is 10.2. The molecule has 2 aromatic rings. The molecule has 0 atom stereocenters. The number of likely N-dealkylation sites (N-methyl/N-ethyl adjacent to an activating group) is 1. The molecule has 0 aliphatic rings. The number of carbonyl (C=O) groups excluding carboxylic acids is 1. The normalized spacial score (nSPS) is 10.6. The molecule has 2 aromatic carbocycles. The monoisotopic (exact) mass is 359 g/mol. The summed E-state index contributed by atoms with van der Waals surface area (Å²) in [6.07, 6.45) is 0. The summed E-state index contributed by atoms with van der Waals surface area (Å²) in [5.74, 6) is 0.270. The van der Waals surface area contributed by atoms with Crippen LogP contribution >= 0.6 is 0 Å². The standard InChI is InChI=1S/C17H17N3O4S/c1-20(2)17(21)12-24-15-8-6-14(7-9-15)19-25(22,23)16-5-3-4-13(10-16)11-18/h3-10,19H,12H2,1-2H3. The largest absolute Gasteiger partial charge is 0.484 e. The summed E-state index contributed by atoms with van der Waals surface area (Å²) in [4.78, 5) is 12.9. The van der Waals surface area contributed by atoms with Gasteiger partial charge in [-0.2, -0.15) is 5.26 Å². The molecule has 130 valence electrons. The van der Waals surface area contributed by atoms with Crippen LogP contribution in [0, 0.1) is 11.3 Å². The highest BCUT2D eigenvalue weighted by Crippen LogP contribution is 2.20. The molecule has 7 nitrogen and oxygen atoms in total. The van der Waals surface area contributed by atoms with Gasteiger partial charge in [-0.05, 0) is 42.5 Å². The Bertz CT molecular complexity index is 900. The van der Waals surface area contributed by atoms with E-state index in [0.717, 1.165) is 0 Å².